The van der Waals surface area contributed by atoms with Gasteiger partial charge in [-0.3, -0.25) is 0 Å². The minimum atomic E-state index is 0.626. The number of halogens is 1. The van der Waals surface area contributed by atoms with E-state index >= 15 is 0 Å². The van der Waals surface area contributed by atoms with E-state index in [1.807, 2.05) is 12.1 Å². The van der Waals surface area contributed by atoms with Gasteiger partial charge in [-0.1, -0.05) is 22.5 Å². The Hall–Kier alpha value is -0.830. The number of hydrogen-bond acceptors (Lipinski definition) is 2. The van der Waals surface area contributed by atoms with Crippen LogP contribution in [0.1, 0.15) is 5.56 Å². The lowest BCUT2D eigenvalue weighted by molar-refractivity contribution is 0.398. The summed E-state index contributed by atoms with van der Waals surface area (Å²) < 4.78 is 4.93. The molecule has 0 aliphatic carbocycles. The summed E-state index contributed by atoms with van der Waals surface area (Å²) in [5, 5.41) is 0.765. The van der Waals surface area contributed by atoms with Crippen LogP contribution in [0, 0.1) is 0 Å². The van der Waals surface area contributed by atoms with Gasteiger partial charge in [0.25, 0.3) is 0 Å². The van der Waals surface area contributed by atoms with E-state index in [-0.39, 0.29) is 0 Å². The fourth-order valence-corrected chi connectivity index (χ4v) is 1.11. The molecule has 1 aromatic rings. The van der Waals surface area contributed by atoms with Crippen LogP contribution >= 0.6 is 15.9 Å². The van der Waals surface area contributed by atoms with Gasteiger partial charge in [-0.15, -0.1) is 0 Å². The van der Waals surface area contributed by atoms with Gasteiger partial charge in [0.05, 0.1) is 7.11 Å². The topological polar surface area (TPSA) is 22.1 Å². The molecule has 0 saturated heterocycles. The number of ether oxygens (including phenoxy) is 1. The minimum absolute atomic E-state index is 0.626. The van der Waals surface area contributed by atoms with E-state index in [1.54, 1.807) is 13.3 Å². The van der Waals surface area contributed by atoms with E-state index in [1.165, 1.54) is 0 Å². The molecule has 0 saturated carbocycles. The van der Waals surface area contributed by atoms with Crippen molar-refractivity contribution in [3.63, 3.8) is 0 Å². The number of nitrogens with zero attached hydrogens (tertiary/aromatic N) is 1. The average Bonchev–Trinajstić information content (AvgIpc) is 2.17. The third-order valence-electron chi connectivity index (χ3n) is 1.52. The van der Waals surface area contributed by atoms with Crippen LogP contribution in [0.4, 0.5) is 0 Å². The van der Waals surface area contributed by atoms with Crippen LogP contribution in [0.2, 0.25) is 0 Å². The molecule has 0 spiro atoms. The summed E-state index contributed by atoms with van der Waals surface area (Å²) in [7, 11) is 1.60. The smallest absolute Gasteiger partial charge is 0.212 e. The normalized spacial score (nSPS) is 9.50. The zero-order valence-electron chi connectivity index (χ0n) is 6.88. The Kier molecular flexibility index (Phi) is 3.29. The van der Waals surface area contributed by atoms with Crippen LogP contribution in [0.15, 0.2) is 24.9 Å². The largest absolute Gasteiger partial charge is 0.481 e. The van der Waals surface area contributed by atoms with Gasteiger partial charge in [-0.25, -0.2) is 4.98 Å². The molecule has 0 aromatic carbocycles. The molecule has 0 radical (unpaired) electrons. The summed E-state index contributed by atoms with van der Waals surface area (Å²) in [5.41, 5.74) is 2.05. The molecule has 0 aliphatic heterocycles. The molecule has 0 amide bonds. The van der Waals surface area contributed by atoms with Gasteiger partial charge in [0.2, 0.25) is 5.88 Å². The number of allylic oxidation sites excluding steroid dienone is 1. The van der Waals surface area contributed by atoms with Gasteiger partial charge >= 0.3 is 0 Å². The lowest BCUT2D eigenvalue weighted by atomic mass is 10.1. The SMILES string of the molecule is C=C(CBr)c1ccc(OC)nc1. The third-order valence-corrected chi connectivity index (χ3v) is 2.19. The van der Waals surface area contributed by atoms with E-state index in [0.29, 0.717) is 5.88 Å². The van der Waals surface area contributed by atoms with E-state index in [9.17, 15) is 0 Å². The number of alkyl halides is 1. The average molecular weight is 228 g/mol. The Morgan fingerprint density at radius 3 is 2.83 bits per heavy atom. The standard InChI is InChI=1S/C9H10BrNO/c1-7(5-10)8-3-4-9(12-2)11-6-8/h3-4,6H,1,5H2,2H3. The lowest BCUT2D eigenvalue weighted by Crippen LogP contribution is -1.89. The highest BCUT2D eigenvalue weighted by molar-refractivity contribution is 9.09. The predicted octanol–water partition coefficient (Wildman–Crippen LogP) is 2.50. The van der Waals surface area contributed by atoms with Gasteiger partial charge in [-0.05, 0) is 17.2 Å². The van der Waals surface area contributed by atoms with Gasteiger partial charge < -0.3 is 4.74 Å². The van der Waals surface area contributed by atoms with Crippen molar-refractivity contribution in [1.29, 1.82) is 0 Å². The van der Waals surface area contributed by atoms with Crippen molar-refractivity contribution in [2.24, 2.45) is 0 Å². The molecular weight excluding hydrogens is 218 g/mol. The highest BCUT2D eigenvalue weighted by Crippen LogP contribution is 2.15. The fraction of sp³-hybridized carbons (Fsp3) is 0.222. The Morgan fingerprint density at radius 1 is 1.67 bits per heavy atom. The van der Waals surface area contributed by atoms with E-state index in [0.717, 1.165) is 16.5 Å². The number of aromatic nitrogens is 1. The lowest BCUT2D eigenvalue weighted by Gasteiger charge is -2.02. The van der Waals surface area contributed by atoms with Crippen molar-refractivity contribution in [1.82, 2.24) is 4.98 Å². The van der Waals surface area contributed by atoms with Crippen molar-refractivity contribution in [3.8, 4) is 5.88 Å². The Morgan fingerprint density at radius 2 is 2.42 bits per heavy atom. The summed E-state index contributed by atoms with van der Waals surface area (Å²) in [6.07, 6.45) is 1.75. The maximum Gasteiger partial charge on any atom is 0.212 e. The van der Waals surface area contributed by atoms with Crippen LogP contribution in [0.5, 0.6) is 5.88 Å². The maximum atomic E-state index is 4.93. The van der Waals surface area contributed by atoms with Crippen molar-refractivity contribution in [2.75, 3.05) is 12.4 Å². The Labute approximate surface area is 80.4 Å². The number of methoxy groups -OCH3 is 1. The predicted molar refractivity (Wildman–Crippen MR) is 53.6 cm³/mol. The molecule has 2 nitrogen and oxygen atoms in total. The molecule has 1 aromatic heterocycles. The van der Waals surface area contributed by atoms with Crippen molar-refractivity contribution in [2.45, 2.75) is 0 Å². The fourth-order valence-electron chi connectivity index (χ4n) is 0.787. The monoisotopic (exact) mass is 227 g/mol. The second kappa shape index (κ2) is 4.26. The van der Waals surface area contributed by atoms with Gasteiger partial charge in [-0.2, -0.15) is 0 Å². The van der Waals surface area contributed by atoms with Gasteiger partial charge in [0.1, 0.15) is 0 Å². The molecule has 12 heavy (non-hydrogen) atoms. The summed E-state index contributed by atoms with van der Waals surface area (Å²) in [6, 6.07) is 3.76. The van der Waals surface area contributed by atoms with Crippen LogP contribution in [-0.4, -0.2) is 17.4 Å². The van der Waals surface area contributed by atoms with Crippen molar-refractivity contribution >= 4 is 21.5 Å². The first-order valence-electron chi connectivity index (χ1n) is 3.52. The molecule has 0 N–H and O–H groups in total. The number of rotatable bonds is 3. The van der Waals surface area contributed by atoms with E-state index < -0.39 is 0 Å². The first-order valence-corrected chi connectivity index (χ1v) is 4.64. The Balaban J connectivity index is 2.84. The van der Waals surface area contributed by atoms with Crippen molar-refractivity contribution in [3.05, 3.63) is 30.5 Å². The van der Waals surface area contributed by atoms with Gasteiger partial charge in [0, 0.05) is 17.6 Å². The van der Waals surface area contributed by atoms with Crippen LogP contribution in [0.25, 0.3) is 5.57 Å². The van der Waals surface area contributed by atoms with Crippen LogP contribution < -0.4 is 4.74 Å². The molecule has 1 rings (SSSR count). The van der Waals surface area contributed by atoms with Crippen LogP contribution in [0.3, 0.4) is 0 Å². The van der Waals surface area contributed by atoms with E-state index in [2.05, 4.69) is 27.5 Å². The highest BCUT2D eigenvalue weighted by Gasteiger charge is 1.97. The van der Waals surface area contributed by atoms with E-state index in [4.69, 9.17) is 4.74 Å². The zero-order valence-corrected chi connectivity index (χ0v) is 8.47. The summed E-state index contributed by atoms with van der Waals surface area (Å²) in [5.74, 6) is 0.626. The summed E-state index contributed by atoms with van der Waals surface area (Å²) >= 11 is 3.33. The third kappa shape index (κ3) is 2.08. The second-order valence-corrected chi connectivity index (χ2v) is 2.89. The second-order valence-electron chi connectivity index (χ2n) is 2.33. The maximum absolute atomic E-state index is 4.93. The first-order chi connectivity index (χ1) is 5.77. The quantitative estimate of drug-likeness (QED) is 0.741. The molecule has 64 valence electrons. The zero-order chi connectivity index (χ0) is 8.97. The summed E-state index contributed by atoms with van der Waals surface area (Å²) in [6.45, 7) is 3.87. The minimum Gasteiger partial charge on any atom is -0.481 e. The van der Waals surface area contributed by atoms with Crippen molar-refractivity contribution < 1.29 is 4.74 Å². The highest BCUT2D eigenvalue weighted by atomic mass is 79.9. The molecule has 0 atom stereocenters. The van der Waals surface area contributed by atoms with Gasteiger partial charge in [0.15, 0.2) is 0 Å². The summed E-state index contributed by atoms with van der Waals surface area (Å²) in [4.78, 5) is 4.06. The molecule has 1 heterocycles. The molecule has 0 bridgehead atoms. The Bertz CT molecular complexity index is 268. The van der Waals surface area contributed by atoms with Crippen LogP contribution in [-0.2, 0) is 0 Å². The first kappa shape index (κ1) is 9.26. The molecular formula is C9H10BrNO. The molecule has 0 fully saturated rings. The number of hydrogen-bond donors (Lipinski definition) is 0. The molecule has 0 aliphatic rings. The molecule has 3 heteroatoms. The molecule has 0 unspecified atom stereocenters. The number of pyridine rings is 1.